The third-order valence-corrected chi connectivity index (χ3v) is 3.13. The maximum Gasteiger partial charge on any atom is 0.420 e. The second kappa shape index (κ2) is 17.3. The lowest BCUT2D eigenvalue weighted by Crippen LogP contribution is -2.44. The van der Waals surface area contributed by atoms with Crippen LogP contribution in [0.5, 0.6) is 0 Å². The molecule has 0 aromatic carbocycles. The summed E-state index contributed by atoms with van der Waals surface area (Å²) in [5, 5.41) is 9.30. The molecule has 0 rings (SSSR count). The van der Waals surface area contributed by atoms with Gasteiger partial charge in [-0.15, -0.1) is 0 Å². The maximum atomic E-state index is 11.5. The van der Waals surface area contributed by atoms with Gasteiger partial charge in [0.15, 0.2) is 0 Å². The van der Waals surface area contributed by atoms with Gasteiger partial charge in [0, 0.05) is 6.54 Å². The summed E-state index contributed by atoms with van der Waals surface area (Å²) in [6, 6.07) is 0. The Hall–Kier alpha value is -2.11. The number of hydrogen-bond acceptors (Lipinski definition) is 8. The number of carbonyl (C=O) groups is 4. The van der Waals surface area contributed by atoms with E-state index >= 15 is 0 Å². The van der Waals surface area contributed by atoms with E-state index in [1.54, 1.807) is 0 Å². The van der Waals surface area contributed by atoms with Crippen molar-refractivity contribution in [2.45, 2.75) is 0 Å². The highest BCUT2D eigenvalue weighted by Gasteiger charge is 2.07. The molecule has 0 fully saturated rings. The average molecular weight is 409 g/mol. The lowest BCUT2D eigenvalue weighted by molar-refractivity contribution is -0.127. The van der Waals surface area contributed by atoms with Crippen molar-refractivity contribution in [1.82, 2.24) is 21.3 Å². The summed E-state index contributed by atoms with van der Waals surface area (Å²) < 4.78 is 15.2. The Bertz CT molecular complexity index is 492. The van der Waals surface area contributed by atoms with Crippen molar-refractivity contribution in [3.05, 3.63) is 0 Å². The Morgan fingerprint density at radius 2 is 1.37 bits per heavy atom. The number of carbonyl (C=O) groups excluding carboxylic acids is 4. The van der Waals surface area contributed by atoms with Gasteiger partial charge in [-0.05, 0) is 0 Å². The summed E-state index contributed by atoms with van der Waals surface area (Å²) in [5.74, 6) is -1.45. The van der Waals surface area contributed by atoms with E-state index in [2.05, 4.69) is 27.6 Å². The maximum absolute atomic E-state index is 11.5. The molecule has 0 spiro atoms. The predicted octanol–water partition coefficient (Wildman–Crippen LogP) is -3.13. The molecule has 0 aliphatic rings. The first-order valence-corrected chi connectivity index (χ1v) is 9.40. The van der Waals surface area contributed by atoms with Gasteiger partial charge in [-0.3, -0.25) is 19.2 Å². The highest BCUT2D eigenvalue weighted by atomic mass is 31.1. The Kier molecular flexibility index (Phi) is 16.0. The van der Waals surface area contributed by atoms with Gasteiger partial charge in [-0.1, -0.05) is 0 Å². The molecule has 0 bridgehead atoms. The van der Waals surface area contributed by atoms with E-state index in [1.165, 1.54) is 0 Å². The Labute approximate surface area is 157 Å². The Morgan fingerprint density at radius 1 is 0.852 bits per heavy atom. The second-order valence-electron chi connectivity index (χ2n) is 4.81. The minimum Gasteiger partial charge on any atom is -0.377 e. The molecular formula is C14H26N4O8P+. The molecule has 0 saturated heterocycles. The number of nitrogens with one attached hydrogen (secondary N) is 4. The third-order valence-electron chi connectivity index (χ3n) is 2.65. The zero-order chi connectivity index (χ0) is 20.3. The molecule has 154 valence electrons. The molecular weight excluding hydrogens is 383 g/mol. The van der Waals surface area contributed by atoms with E-state index in [1.807, 2.05) is 0 Å². The average Bonchev–Trinajstić information content (AvgIpc) is 2.64. The van der Waals surface area contributed by atoms with Gasteiger partial charge >= 0.3 is 8.00 Å². The quantitative estimate of drug-likeness (QED) is 0.0956. The van der Waals surface area contributed by atoms with Crippen LogP contribution >= 0.6 is 8.00 Å². The number of ether oxygens (including phenoxy) is 2. The molecule has 0 aromatic rings. The van der Waals surface area contributed by atoms with Crippen LogP contribution in [0.1, 0.15) is 0 Å². The topological polar surface area (TPSA) is 164 Å². The van der Waals surface area contributed by atoms with Gasteiger partial charge in [0.05, 0.1) is 46.1 Å². The van der Waals surface area contributed by atoms with Gasteiger partial charge in [-0.2, -0.15) is 9.42 Å². The van der Waals surface area contributed by atoms with E-state index in [-0.39, 0.29) is 39.4 Å². The van der Waals surface area contributed by atoms with Crippen molar-refractivity contribution in [2.75, 3.05) is 59.2 Å². The molecule has 0 aromatic heterocycles. The number of hydrogen-bond donors (Lipinski definition) is 5. The van der Waals surface area contributed by atoms with E-state index in [0.717, 1.165) is 0 Å². The normalized spacial score (nSPS) is 10.6. The number of amides is 4. The molecule has 0 saturated carbocycles. The first-order chi connectivity index (χ1) is 13.0. The zero-order valence-corrected chi connectivity index (χ0v) is 15.8. The van der Waals surface area contributed by atoms with Gasteiger partial charge in [0.25, 0.3) is 0 Å². The zero-order valence-electron chi connectivity index (χ0n) is 14.9. The van der Waals surface area contributed by atoms with Crippen molar-refractivity contribution in [3.8, 4) is 0 Å². The van der Waals surface area contributed by atoms with Gasteiger partial charge in [-0.25, -0.2) is 0 Å². The van der Waals surface area contributed by atoms with Crippen molar-refractivity contribution in [1.29, 1.82) is 0 Å². The fourth-order valence-corrected chi connectivity index (χ4v) is 1.75. The Morgan fingerprint density at radius 3 is 1.96 bits per heavy atom. The van der Waals surface area contributed by atoms with Crippen molar-refractivity contribution < 1.29 is 38.1 Å². The van der Waals surface area contributed by atoms with Crippen LogP contribution < -0.4 is 21.3 Å². The first-order valence-electron chi connectivity index (χ1n) is 8.00. The highest BCUT2D eigenvalue weighted by Crippen LogP contribution is 2.11. The van der Waals surface area contributed by atoms with Crippen LogP contribution in [-0.4, -0.2) is 94.5 Å². The Balaban J connectivity index is 3.45. The summed E-state index contributed by atoms with van der Waals surface area (Å²) in [7, 11) is -1.61. The van der Waals surface area contributed by atoms with Crippen molar-refractivity contribution >= 4 is 38.4 Å². The van der Waals surface area contributed by atoms with E-state index in [4.69, 9.17) is 18.9 Å². The standard InChI is InChI=1S/C14H25N4O8P/c1-27(23)26-7-6-25-5-4-24-3-2-16-13(21)9-18-14(22)10-17-12(20)8-15-11-19/h11H,1-10H2,(H4-,15,16,17,18,19,20,21,22,23)/p+1. The highest BCUT2D eigenvalue weighted by molar-refractivity contribution is 7.44. The van der Waals surface area contributed by atoms with Gasteiger partial charge in [0.1, 0.15) is 12.9 Å². The van der Waals surface area contributed by atoms with Crippen LogP contribution in [0, 0.1) is 0 Å². The predicted molar refractivity (Wildman–Crippen MR) is 96.9 cm³/mol. The molecule has 5 N–H and O–H groups in total. The summed E-state index contributed by atoms with van der Waals surface area (Å²) in [5.41, 5.74) is 0. The molecule has 0 aliphatic heterocycles. The monoisotopic (exact) mass is 409 g/mol. The van der Waals surface area contributed by atoms with Crippen LogP contribution in [0.3, 0.4) is 0 Å². The molecule has 4 amide bonds. The van der Waals surface area contributed by atoms with Gasteiger partial charge < -0.3 is 30.7 Å². The molecule has 13 heteroatoms. The minimum atomic E-state index is -1.61. The smallest absolute Gasteiger partial charge is 0.377 e. The molecule has 27 heavy (non-hydrogen) atoms. The fraction of sp³-hybridized carbons (Fsp3) is 0.643. The van der Waals surface area contributed by atoms with E-state index in [0.29, 0.717) is 26.2 Å². The van der Waals surface area contributed by atoms with Crippen LogP contribution in [0.15, 0.2) is 0 Å². The molecule has 0 heterocycles. The second-order valence-corrected chi connectivity index (χ2v) is 5.77. The van der Waals surface area contributed by atoms with Crippen molar-refractivity contribution in [3.63, 3.8) is 0 Å². The molecule has 0 radical (unpaired) electrons. The van der Waals surface area contributed by atoms with E-state index in [9.17, 15) is 19.2 Å². The summed E-state index contributed by atoms with van der Waals surface area (Å²) >= 11 is 0. The number of rotatable bonds is 17. The fourth-order valence-electron chi connectivity index (χ4n) is 1.47. The molecule has 12 nitrogen and oxygen atoms in total. The molecule has 1 unspecified atom stereocenters. The van der Waals surface area contributed by atoms with E-state index < -0.39 is 25.7 Å². The summed E-state index contributed by atoms with van der Waals surface area (Å²) in [6.07, 6.45) is 3.67. The van der Waals surface area contributed by atoms with Crippen LogP contribution in [0.4, 0.5) is 0 Å². The third kappa shape index (κ3) is 18.5. The molecule has 0 aliphatic carbocycles. The van der Waals surface area contributed by atoms with Crippen LogP contribution in [0.25, 0.3) is 0 Å². The summed E-state index contributed by atoms with van der Waals surface area (Å²) in [6.45, 7) is 1.05. The lowest BCUT2D eigenvalue weighted by Gasteiger charge is -2.08. The van der Waals surface area contributed by atoms with Crippen LogP contribution in [-0.2, 0) is 33.2 Å². The lowest BCUT2D eigenvalue weighted by atomic mass is 10.5. The largest absolute Gasteiger partial charge is 0.420 e. The SMILES string of the molecule is C=[P+](O)OCCOCCOCCNC(=O)CNC(=O)CNC(=O)CNC=O. The molecule has 1 atom stereocenters. The summed E-state index contributed by atoms with van der Waals surface area (Å²) in [4.78, 5) is 52.9. The minimum absolute atomic E-state index is 0.226. The van der Waals surface area contributed by atoms with Crippen molar-refractivity contribution in [2.24, 2.45) is 0 Å². The first kappa shape index (κ1) is 24.9. The van der Waals surface area contributed by atoms with Crippen LogP contribution in [0.2, 0.25) is 0 Å². The van der Waals surface area contributed by atoms with Gasteiger partial charge in [0.2, 0.25) is 24.1 Å².